The predicted octanol–water partition coefficient (Wildman–Crippen LogP) is 3.15. The van der Waals surface area contributed by atoms with Gasteiger partial charge >= 0.3 is 5.97 Å². The Balaban J connectivity index is 2.06. The second-order valence-corrected chi connectivity index (χ2v) is 5.98. The van der Waals surface area contributed by atoms with Crippen molar-refractivity contribution in [2.75, 3.05) is 0 Å². The molecule has 1 N–H and O–H groups in total. The minimum Gasteiger partial charge on any atom is -0.477 e. The molecule has 0 aliphatic carbocycles. The van der Waals surface area contributed by atoms with E-state index >= 15 is 0 Å². The Kier molecular flexibility index (Phi) is 3.98. The molecule has 0 aliphatic rings. The predicted molar refractivity (Wildman–Crippen MR) is 72.3 cm³/mol. The Labute approximate surface area is 113 Å². The lowest BCUT2D eigenvalue weighted by Crippen LogP contribution is -1.94. The van der Waals surface area contributed by atoms with Crippen molar-refractivity contribution in [3.8, 4) is 0 Å². The third-order valence-electron chi connectivity index (χ3n) is 2.26. The van der Waals surface area contributed by atoms with Gasteiger partial charge in [-0.15, -0.1) is 11.3 Å². The molecule has 2 rings (SSSR count). The molecule has 0 aromatic carbocycles. The number of hydrogen-bond acceptors (Lipinski definition) is 5. The van der Waals surface area contributed by atoms with Gasteiger partial charge in [-0.1, -0.05) is 17.8 Å². The van der Waals surface area contributed by atoms with Gasteiger partial charge in [0, 0.05) is 11.4 Å². The van der Waals surface area contributed by atoms with E-state index in [1.54, 1.807) is 6.92 Å². The maximum absolute atomic E-state index is 10.9. The number of thiazole rings is 1. The summed E-state index contributed by atoms with van der Waals surface area (Å²) in [7, 11) is 0. The van der Waals surface area contributed by atoms with Gasteiger partial charge in [-0.3, -0.25) is 4.98 Å². The van der Waals surface area contributed by atoms with Gasteiger partial charge in [-0.25, -0.2) is 9.78 Å². The number of rotatable bonds is 4. The summed E-state index contributed by atoms with van der Waals surface area (Å²) in [6.07, 6.45) is 0. The maximum atomic E-state index is 10.9. The highest BCUT2D eigenvalue weighted by atomic mass is 32.2. The first-order valence-corrected chi connectivity index (χ1v) is 7.12. The van der Waals surface area contributed by atoms with Crippen LogP contribution in [0, 0.1) is 13.8 Å². The molecule has 0 unspecified atom stereocenters. The van der Waals surface area contributed by atoms with Gasteiger partial charge in [0.25, 0.3) is 0 Å². The molecule has 2 aromatic rings. The second kappa shape index (κ2) is 5.49. The lowest BCUT2D eigenvalue weighted by molar-refractivity contribution is 0.0701. The standard InChI is InChI=1S/C12H12N2O2S2/c1-7-4-3-5-9(13-7)6-17-12-14-8(2)10(18-12)11(15)16/h3-5H,6H2,1-2H3,(H,15,16). The number of carboxylic acid groups (broad SMARTS) is 1. The number of carbonyl (C=O) groups is 1. The van der Waals surface area contributed by atoms with Gasteiger partial charge in [-0.05, 0) is 26.0 Å². The molecular formula is C12H12N2O2S2. The van der Waals surface area contributed by atoms with E-state index in [0.717, 1.165) is 15.7 Å². The molecule has 0 radical (unpaired) electrons. The molecule has 0 saturated carbocycles. The van der Waals surface area contributed by atoms with Crippen LogP contribution in [0.1, 0.15) is 26.8 Å². The summed E-state index contributed by atoms with van der Waals surface area (Å²) in [4.78, 5) is 19.9. The average Bonchev–Trinajstić information content (AvgIpc) is 2.68. The van der Waals surface area contributed by atoms with Crippen LogP contribution in [0.15, 0.2) is 22.5 Å². The van der Waals surface area contributed by atoms with Crippen molar-refractivity contribution in [3.05, 3.63) is 40.2 Å². The van der Waals surface area contributed by atoms with Crippen LogP contribution in [0.4, 0.5) is 0 Å². The zero-order valence-electron chi connectivity index (χ0n) is 10.0. The summed E-state index contributed by atoms with van der Waals surface area (Å²) in [5.41, 5.74) is 2.53. The van der Waals surface area contributed by atoms with Crippen LogP contribution in [0.3, 0.4) is 0 Å². The third-order valence-corrected chi connectivity index (χ3v) is 4.58. The Morgan fingerprint density at radius 2 is 2.17 bits per heavy atom. The first kappa shape index (κ1) is 13.0. The Morgan fingerprint density at radius 1 is 1.39 bits per heavy atom. The third kappa shape index (κ3) is 3.08. The molecule has 0 atom stereocenters. The van der Waals surface area contributed by atoms with Crippen LogP contribution in [0.5, 0.6) is 0 Å². The van der Waals surface area contributed by atoms with Gasteiger partial charge in [0.2, 0.25) is 0 Å². The quantitative estimate of drug-likeness (QED) is 0.872. The highest BCUT2D eigenvalue weighted by Crippen LogP contribution is 2.29. The van der Waals surface area contributed by atoms with E-state index in [1.165, 1.54) is 23.1 Å². The molecule has 2 heterocycles. The number of nitrogens with zero attached hydrogens (tertiary/aromatic N) is 2. The summed E-state index contributed by atoms with van der Waals surface area (Å²) < 4.78 is 0.771. The molecule has 0 bridgehead atoms. The molecule has 2 aromatic heterocycles. The molecule has 94 valence electrons. The molecule has 0 spiro atoms. The molecule has 0 amide bonds. The molecule has 0 aliphatic heterocycles. The lowest BCUT2D eigenvalue weighted by Gasteiger charge is -1.99. The van der Waals surface area contributed by atoms with Gasteiger partial charge in [0.15, 0.2) is 4.34 Å². The Hall–Kier alpha value is -1.40. The van der Waals surface area contributed by atoms with Crippen molar-refractivity contribution >= 4 is 29.1 Å². The van der Waals surface area contributed by atoms with Crippen molar-refractivity contribution < 1.29 is 9.90 Å². The van der Waals surface area contributed by atoms with E-state index in [9.17, 15) is 4.79 Å². The number of aromatic nitrogens is 2. The molecule has 4 nitrogen and oxygen atoms in total. The van der Waals surface area contributed by atoms with Crippen molar-refractivity contribution in [3.63, 3.8) is 0 Å². The normalized spacial score (nSPS) is 10.6. The van der Waals surface area contributed by atoms with Gasteiger partial charge in [0.05, 0.1) is 11.4 Å². The smallest absolute Gasteiger partial charge is 0.347 e. The van der Waals surface area contributed by atoms with E-state index < -0.39 is 5.97 Å². The summed E-state index contributed by atoms with van der Waals surface area (Å²) in [6.45, 7) is 3.67. The van der Waals surface area contributed by atoms with Crippen LogP contribution in [0.25, 0.3) is 0 Å². The fourth-order valence-corrected chi connectivity index (χ4v) is 3.38. The van der Waals surface area contributed by atoms with E-state index in [-0.39, 0.29) is 0 Å². The summed E-state index contributed by atoms with van der Waals surface area (Å²) in [5.74, 6) is -0.209. The van der Waals surface area contributed by atoms with Gasteiger partial charge < -0.3 is 5.11 Å². The summed E-state index contributed by atoms with van der Waals surface area (Å²) in [6, 6.07) is 5.87. The first-order valence-electron chi connectivity index (χ1n) is 5.32. The number of pyridine rings is 1. The molecule has 6 heteroatoms. The van der Waals surface area contributed by atoms with Crippen LogP contribution in [-0.4, -0.2) is 21.0 Å². The van der Waals surface area contributed by atoms with Crippen molar-refractivity contribution in [1.82, 2.24) is 9.97 Å². The highest BCUT2D eigenvalue weighted by molar-refractivity contribution is 8.00. The molecular weight excluding hydrogens is 268 g/mol. The lowest BCUT2D eigenvalue weighted by atomic mass is 10.3. The number of aromatic carboxylic acids is 1. The van der Waals surface area contributed by atoms with E-state index in [0.29, 0.717) is 16.3 Å². The monoisotopic (exact) mass is 280 g/mol. The fourth-order valence-electron chi connectivity index (χ4n) is 1.45. The minimum atomic E-state index is -0.912. The topological polar surface area (TPSA) is 63.1 Å². The van der Waals surface area contributed by atoms with Crippen molar-refractivity contribution in [2.45, 2.75) is 23.9 Å². The highest BCUT2D eigenvalue weighted by Gasteiger charge is 2.14. The van der Waals surface area contributed by atoms with E-state index in [2.05, 4.69) is 9.97 Å². The molecule has 0 fully saturated rings. The van der Waals surface area contributed by atoms with Crippen LogP contribution < -0.4 is 0 Å². The largest absolute Gasteiger partial charge is 0.477 e. The van der Waals surface area contributed by atoms with Crippen LogP contribution in [-0.2, 0) is 5.75 Å². The Bertz CT molecular complexity index is 581. The molecule has 18 heavy (non-hydrogen) atoms. The molecule has 0 saturated heterocycles. The van der Waals surface area contributed by atoms with Gasteiger partial charge in [-0.2, -0.15) is 0 Å². The number of aryl methyl sites for hydroxylation is 2. The van der Waals surface area contributed by atoms with Gasteiger partial charge in [0.1, 0.15) is 4.88 Å². The van der Waals surface area contributed by atoms with E-state index in [1.807, 2.05) is 25.1 Å². The number of carboxylic acids is 1. The Morgan fingerprint density at radius 3 is 2.78 bits per heavy atom. The number of hydrogen-bond donors (Lipinski definition) is 1. The van der Waals surface area contributed by atoms with Crippen LogP contribution >= 0.6 is 23.1 Å². The fraction of sp³-hybridized carbons (Fsp3) is 0.250. The van der Waals surface area contributed by atoms with Crippen molar-refractivity contribution in [2.24, 2.45) is 0 Å². The zero-order chi connectivity index (χ0) is 13.1. The van der Waals surface area contributed by atoms with Crippen molar-refractivity contribution in [1.29, 1.82) is 0 Å². The average molecular weight is 280 g/mol. The second-order valence-electron chi connectivity index (χ2n) is 3.76. The SMILES string of the molecule is Cc1cccc(CSc2nc(C)c(C(=O)O)s2)n1. The minimum absolute atomic E-state index is 0.315. The van der Waals surface area contributed by atoms with E-state index in [4.69, 9.17) is 5.11 Å². The summed E-state index contributed by atoms with van der Waals surface area (Å²) >= 11 is 2.73. The maximum Gasteiger partial charge on any atom is 0.347 e. The zero-order valence-corrected chi connectivity index (χ0v) is 11.6. The summed E-state index contributed by atoms with van der Waals surface area (Å²) in [5, 5.41) is 8.95. The first-order chi connectivity index (χ1) is 8.56. The van der Waals surface area contributed by atoms with Crippen LogP contribution in [0.2, 0.25) is 0 Å². The number of thioether (sulfide) groups is 1.